The fourth-order valence-corrected chi connectivity index (χ4v) is 3.66. The van der Waals surface area contributed by atoms with Gasteiger partial charge in [0.2, 0.25) is 0 Å². The highest BCUT2D eigenvalue weighted by atomic mass is 15.0. The number of benzene rings is 2. The van der Waals surface area contributed by atoms with Gasteiger partial charge in [-0.2, -0.15) is 0 Å². The number of aromatic nitrogens is 2. The summed E-state index contributed by atoms with van der Waals surface area (Å²) in [5.74, 6) is 1.54. The number of fused-ring (bicyclic) bond motifs is 1. The fraction of sp³-hybridized carbons (Fsp3) is 0.440. The zero-order chi connectivity index (χ0) is 20.1. The van der Waals surface area contributed by atoms with Crippen molar-refractivity contribution in [1.82, 2.24) is 4.98 Å². The van der Waals surface area contributed by atoms with Gasteiger partial charge in [0, 0.05) is 12.5 Å². The first-order chi connectivity index (χ1) is 12.5. The van der Waals surface area contributed by atoms with E-state index in [2.05, 4.69) is 97.3 Å². The van der Waals surface area contributed by atoms with Crippen molar-refractivity contribution in [2.45, 2.75) is 66.7 Å². The second-order valence-electron chi connectivity index (χ2n) is 9.21. The van der Waals surface area contributed by atoms with E-state index in [0.717, 1.165) is 11.3 Å². The molecule has 0 fully saturated rings. The summed E-state index contributed by atoms with van der Waals surface area (Å²) < 4.78 is 2.24. The van der Waals surface area contributed by atoms with E-state index in [4.69, 9.17) is 4.98 Å². The van der Waals surface area contributed by atoms with Crippen LogP contribution in [0.15, 0.2) is 30.3 Å². The first-order valence-corrected chi connectivity index (χ1v) is 9.93. The highest BCUT2D eigenvalue weighted by Crippen LogP contribution is 2.34. The van der Waals surface area contributed by atoms with Crippen LogP contribution in [0.5, 0.6) is 0 Å². The molecule has 142 valence electrons. The molecular weight excluding hydrogens is 328 g/mol. The highest BCUT2D eigenvalue weighted by molar-refractivity contribution is 5.92. The number of rotatable bonds is 2. The molecule has 1 heterocycles. The lowest BCUT2D eigenvalue weighted by atomic mass is 9.83. The smallest absolute Gasteiger partial charge is 0.230 e. The van der Waals surface area contributed by atoms with Gasteiger partial charge < -0.3 is 0 Å². The van der Waals surface area contributed by atoms with Crippen LogP contribution < -0.4 is 4.57 Å². The molecule has 0 saturated carbocycles. The van der Waals surface area contributed by atoms with Gasteiger partial charge in [-0.1, -0.05) is 46.8 Å². The highest BCUT2D eigenvalue weighted by Gasteiger charge is 2.23. The molecule has 27 heavy (non-hydrogen) atoms. The van der Waals surface area contributed by atoms with Crippen LogP contribution in [-0.2, 0) is 12.5 Å². The molecule has 0 aliphatic rings. The lowest BCUT2D eigenvalue weighted by Crippen LogP contribution is -2.36. The molecule has 0 saturated heterocycles. The second-order valence-corrected chi connectivity index (χ2v) is 9.21. The van der Waals surface area contributed by atoms with Crippen molar-refractivity contribution < 1.29 is 4.57 Å². The standard InChI is InChI=1S/C25H33N2/c1-15(2)19-10-11-21-23(13-19)26-18(5)27(9)24(21)22-14-20(25(6,7)8)12-16(3)17(22)4/h10-15H,1-9H3/q+1. The summed E-state index contributed by atoms with van der Waals surface area (Å²) in [4.78, 5) is 4.89. The Balaban J connectivity index is 2.41. The van der Waals surface area contributed by atoms with E-state index in [1.165, 1.54) is 38.9 Å². The minimum atomic E-state index is 0.120. The number of aryl methyl sites for hydroxylation is 2. The molecule has 1 aromatic heterocycles. The quantitative estimate of drug-likeness (QED) is 0.506. The van der Waals surface area contributed by atoms with Gasteiger partial charge in [-0.25, -0.2) is 4.57 Å². The van der Waals surface area contributed by atoms with Gasteiger partial charge in [-0.3, -0.25) is 0 Å². The van der Waals surface area contributed by atoms with Crippen molar-refractivity contribution in [2.75, 3.05) is 0 Å². The van der Waals surface area contributed by atoms with E-state index < -0.39 is 0 Å². The van der Waals surface area contributed by atoms with Crippen LogP contribution in [0.4, 0.5) is 0 Å². The molecule has 0 N–H and O–H groups in total. The van der Waals surface area contributed by atoms with E-state index in [1.807, 2.05) is 0 Å². The summed E-state index contributed by atoms with van der Waals surface area (Å²) in [6.45, 7) is 17.9. The van der Waals surface area contributed by atoms with Crippen LogP contribution in [0.3, 0.4) is 0 Å². The van der Waals surface area contributed by atoms with E-state index in [-0.39, 0.29) is 5.41 Å². The number of hydrogen-bond acceptors (Lipinski definition) is 1. The molecule has 0 unspecified atom stereocenters. The van der Waals surface area contributed by atoms with Crippen LogP contribution in [0.1, 0.15) is 68.6 Å². The molecular formula is C25H33N2+. The van der Waals surface area contributed by atoms with Crippen molar-refractivity contribution >= 4 is 10.9 Å². The van der Waals surface area contributed by atoms with Crippen LogP contribution >= 0.6 is 0 Å². The minimum Gasteiger partial charge on any atom is -0.230 e. The van der Waals surface area contributed by atoms with Crippen molar-refractivity contribution in [2.24, 2.45) is 7.05 Å². The molecule has 0 aliphatic heterocycles. The molecule has 3 rings (SSSR count). The Morgan fingerprint density at radius 2 is 1.63 bits per heavy atom. The Kier molecular flexibility index (Phi) is 4.88. The van der Waals surface area contributed by atoms with Gasteiger partial charge in [0.15, 0.2) is 5.52 Å². The summed E-state index contributed by atoms with van der Waals surface area (Å²) in [5.41, 5.74) is 9.19. The lowest BCUT2D eigenvalue weighted by Gasteiger charge is -2.22. The lowest BCUT2D eigenvalue weighted by molar-refractivity contribution is -0.668. The summed E-state index contributed by atoms with van der Waals surface area (Å²) >= 11 is 0. The molecule has 0 spiro atoms. The van der Waals surface area contributed by atoms with Gasteiger partial charge in [0.05, 0.1) is 12.4 Å². The largest absolute Gasteiger partial charge is 0.296 e. The van der Waals surface area contributed by atoms with Crippen molar-refractivity contribution in [3.8, 4) is 11.3 Å². The average molecular weight is 362 g/mol. The molecule has 2 heteroatoms. The van der Waals surface area contributed by atoms with Crippen molar-refractivity contribution in [1.29, 1.82) is 0 Å². The fourth-order valence-electron chi connectivity index (χ4n) is 3.66. The first-order valence-electron chi connectivity index (χ1n) is 9.93. The molecule has 0 atom stereocenters. The van der Waals surface area contributed by atoms with Crippen molar-refractivity contribution in [3.63, 3.8) is 0 Å². The number of nitrogens with zero attached hydrogens (tertiary/aromatic N) is 2. The third kappa shape index (κ3) is 3.50. The molecule has 0 amide bonds. The Morgan fingerprint density at radius 1 is 0.963 bits per heavy atom. The van der Waals surface area contributed by atoms with E-state index >= 15 is 0 Å². The van der Waals surface area contributed by atoms with Crippen LogP contribution in [0.2, 0.25) is 0 Å². The first kappa shape index (κ1) is 19.5. The Labute approximate surface area is 164 Å². The van der Waals surface area contributed by atoms with Crippen molar-refractivity contribution in [3.05, 3.63) is 58.4 Å². The number of hydrogen-bond donors (Lipinski definition) is 0. The molecule has 0 bridgehead atoms. The summed E-state index contributed by atoms with van der Waals surface area (Å²) in [6, 6.07) is 11.5. The van der Waals surface area contributed by atoms with Gasteiger partial charge >= 0.3 is 0 Å². The summed E-state index contributed by atoms with van der Waals surface area (Å²) in [6.07, 6.45) is 0. The zero-order valence-corrected chi connectivity index (χ0v) is 18.4. The molecule has 3 aromatic rings. The summed E-state index contributed by atoms with van der Waals surface area (Å²) in [7, 11) is 2.13. The maximum absolute atomic E-state index is 4.89. The van der Waals surface area contributed by atoms with Gasteiger partial charge in [-0.15, -0.1) is 0 Å². The SMILES string of the molecule is Cc1cc(C(C)(C)C)cc(-c2c3ccc(C(C)C)cc3nc(C)[n+]2C)c1C. The Bertz CT molecular complexity index is 1020. The molecule has 0 radical (unpaired) electrons. The van der Waals surface area contributed by atoms with Crippen LogP contribution in [0, 0.1) is 20.8 Å². The van der Waals surface area contributed by atoms with E-state index in [1.54, 1.807) is 0 Å². The van der Waals surface area contributed by atoms with E-state index in [9.17, 15) is 0 Å². The van der Waals surface area contributed by atoms with Gasteiger partial charge in [0.25, 0.3) is 5.82 Å². The van der Waals surface area contributed by atoms with Crippen LogP contribution in [-0.4, -0.2) is 4.98 Å². The normalized spacial score (nSPS) is 12.2. The Hall–Kier alpha value is -2.22. The third-order valence-electron chi connectivity index (χ3n) is 5.84. The zero-order valence-electron chi connectivity index (χ0n) is 18.4. The molecule has 2 nitrogen and oxygen atoms in total. The topological polar surface area (TPSA) is 16.8 Å². The molecule has 0 aliphatic carbocycles. The molecule has 2 aromatic carbocycles. The predicted molar refractivity (Wildman–Crippen MR) is 115 cm³/mol. The minimum absolute atomic E-state index is 0.120. The third-order valence-corrected chi connectivity index (χ3v) is 5.84. The average Bonchev–Trinajstić information content (AvgIpc) is 2.57. The maximum atomic E-state index is 4.89. The van der Waals surface area contributed by atoms with Gasteiger partial charge in [0.1, 0.15) is 5.69 Å². The van der Waals surface area contributed by atoms with Gasteiger partial charge in [-0.05, 0) is 70.6 Å². The second kappa shape index (κ2) is 6.74. The predicted octanol–water partition coefficient (Wildman–Crippen LogP) is 6.07. The summed E-state index contributed by atoms with van der Waals surface area (Å²) in [5, 5.41) is 1.22. The van der Waals surface area contributed by atoms with Crippen LogP contribution in [0.25, 0.3) is 22.2 Å². The maximum Gasteiger partial charge on any atom is 0.296 e. The van der Waals surface area contributed by atoms with E-state index in [0.29, 0.717) is 5.92 Å². The monoisotopic (exact) mass is 361 g/mol. The Morgan fingerprint density at radius 3 is 2.22 bits per heavy atom.